The molecule has 0 aliphatic carbocycles. The molecule has 0 saturated carbocycles. The second-order valence-electron chi connectivity index (χ2n) is 7.00. The fourth-order valence-electron chi connectivity index (χ4n) is 3.47. The van der Waals surface area contributed by atoms with Crippen LogP contribution in [0.1, 0.15) is 16.8 Å². The molecule has 0 spiro atoms. The summed E-state index contributed by atoms with van der Waals surface area (Å²) in [6, 6.07) is 15.8. The minimum atomic E-state index is -0.120. The predicted octanol–water partition coefficient (Wildman–Crippen LogP) is 4.71. The van der Waals surface area contributed by atoms with E-state index >= 15 is 0 Å². The minimum Gasteiger partial charge on any atom is -0.392 e. The van der Waals surface area contributed by atoms with Gasteiger partial charge in [-0.3, -0.25) is 4.98 Å². The number of hydrogen-bond donors (Lipinski definition) is 5. The number of aliphatic hydroxyl groups excluding tert-OH is 2. The maximum Gasteiger partial charge on any atom is 0.0853 e. The van der Waals surface area contributed by atoms with Crippen LogP contribution < -0.4 is 10.6 Å². The summed E-state index contributed by atoms with van der Waals surface area (Å²) in [5.41, 5.74) is 6.29. The SMILES string of the molecule is OCc1cc(Nc2cc(Br)c(NCCc3c[nH]c4ccccc34)cc2CO)ccn1. The van der Waals surface area contributed by atoms with Crippen molar-refractivity contribution in [3.63, 3.8) is 0 Å². The summed E-state index contributed by atoms with van der Waals surface area (Å²) in [7, 11) is 0. The van der Waals surface area contributed by atoms with Gasteiger partial charge in [0.15, 0.2) is 0 Å². The van der Waals surface area contributed by atoms with E-state index in [1.165, 1.54) is 10.9 Å². The minimum absolute atomic E-state index is 0.0926. The van der Waals surface area contributed by atoms with E-state index in [-0.39, 0.29) is 13.2 Å². The highest BCUT2D eigenvalue weighted by Gasteiger charge is 2.10. The number of fused-ring (bicyclic) bond motifs is 1. The van der Waals surface area contributed by atoms with Crippen molar-refractivity contribution in [2.75, 3.05) is 17.2 Å². The third-order valence-electron chi connectivity index (χ3n) is 5.01. The molecule has 0 unspecified atom stereocenters. The third-order valence-corrected chi connectivity index (χ3v) is 5.66. The van der Waals surface area contributed by atoms with E-state index in [2.05, 4.69) is 60.9 Å². The molecule has 0 atom stereocenters. The number of hydrogen-bond acceptors (Lipinski definition) is 5. The Morgan fingerprint density at radius 3 is 2.67 bits per heavy atom. The van der Waals surface area contributed by atoms with Gasteiger partial charge in [0.05, 0.1) is 18.9 Å². The lowest BCUT2D eigenvalue weighted by atomic mass is 10.1. The number of nitrogens with one attached hydrogen (secondary N) is 3. The number of pyridine rings is 1. The predicted molar refractivity (Wildman–Crippen MR) is 124 cm³/mol. The molecule has 2 heterocycles. The number of H-pyrrole nitrogens is 1. The van der Waals surface area contributed by atoms with Gasteiger partial charge in [-0.15, -0.1) is 0 Å². The van der Waals surface area contributed by atoms with Gasteiger partial charge >= 0.3 is 0 Å². The number of halogens is 1. The molecule has 2 aromatic heterocycles. The van der Waals surface area contributed by atoms with Gasteiger partial charge < -0.3 is 25.8 Å². The number of aromatic nitrogens is 2. The second kappa shape index (κ2) is 9.30. The first-order chi connectivity index (χ1) is 14.7. The largest absolute Gasteiger partial charge is 0.392 e. The molecular weight excluding hydrogens is 444 g/mol. The summed E-state index contributed by atoms with van der Waals surface area (Å²) in [6.07, 6.45) is 4.58. The van der Waals surface area contributed by atoms with E-state index in [1.54, 1.807) is 12.3 Å². The summed E-state index contributed by atoms with van der Waals surface area (Å²) in [4.78, 5) is 7.39. The van der Waals surface area contributed by atoms with Gasteiger partial charge in [-0.1, -0.05) is 18.2 Å². The molecule has 0 aliphatic heterocycles. The molecule has 0 amide bonds. The first-order valence-electron chi connectivity index (χ1n) is 9.73. The normalized spacial score (nSPS) is 11.0. The summed E-state index contributed by atoms with van der Waals surface area (Å²) < 4.78 is 0.901. The number of nitrogens with zero attached hydrogens (tertiary/aromatic N) is 1. The van der Waals surface area contributed by atoms with Gasteiger partial charge in [-0.25, -0.2) is 0 Å². The second-order valence-corrected chi connectivity index (χ2v) is 7.86. The maximum absolute atomic E-state index is 9.87. The molecular formula is C23H23BrN4O2. The van der Waals surface area contributed by atoms with Crippen LogP contribution in [-0.2, 0) is 19.6 Å². The Morgan fingerprint density at radius 1 is 0.967 bits per heavy atom. The summed E-state index contributed by atoms with van der Waals surface area (Å²) in [5, 5.41) is 27.1. The first-order valence-corrected chi connectivity index (χ1v) is 10.5. The molecule has 0 saturated heterocycles. The molecule has 6 nitrogen and oxygen atoms in total. The summed E-state index contributed by atoms with van der Waals surface area (Å²) >= 11 is 3.63. The van der Waals surface area contributed by atoms with Crippen molar-refractivity contribution in [2.24, 2.45) is 0 Å². The zero-order valence-corrected chi connectivity index (χ0v) is 17.9. The van der Waals surface area contributed by atoms with Gasteiger partial charge in [-0.05, 0) is 58.2 Å². The van der Waals surface area contributed by atoms with Gasteiger partial charge in [0.2, 0.25) is 0 Å². The number of rotatable bonds is 8. The van der Waals surface area contributed by atoms with Crippen LogP contribution in [0.2, 0.25) is 0 Å². The van der Waals surface area contributed by atoms with Gasteiger partial charge in [0, 0.05) is 56.9 Å². The average Bonchev–Trinajstić information content (AvgIpc) is 3.18. The Hall–Kier alpha value is -2.87. The summed E-state index contributed by atoms with van der Waals surface area (Å²) in [5.74, 6) is 0. The van der Waals surface area contributed by atoms with Gasteiger partial charge in [0.1, 0.15) is 0 Å². The van der Waals surface area contributed by atoms with E-state index in [1.807, 2.05) is 24.3 Å². The van der Waals surface area contributed by atoms with Crippen molar-refractivity contribution in [2.45, 2.75) is 19.6 Å². The zero-order chi connectivity index (χ0) is 20.9. The third kappa shape index (κ3) is 4.48. The maximum atomic E-state index is 9.87. The van der Waals surface area contributed by atoms with Crippen LogP contribution in [0.5, 0.6) is 0 Å². The van der Waals surface area contributed by atoms with Crippen molar-refractivity contribution in [3.8, 4) is 0 Å². The van der Waals surface area contributed by atoms with E-state index in [4.69, 9.17) is 0 Å². The number of anilines is 3. The summed E-state index contributed by atoms with van der Waals surface area (Å²) in [6.45, 7) is 0.554. The molecule has 7 heteroatoms. The molecule has 0 bridgehead atoms. The molecule has 30 heavy (non-hydrogen) atoms. The number of benzene rings is 2. The Labute approximate surface area is 183 Å². The van der Waals surface area contributed by atoms with E-state index in [0.29, 0.717) is 5.69 Å². The number of aliphatic hydroxyl groups is 2. The lowest BCUT2D eigenvalue weighted by Crippen LogP contribution is -2.07. The molecule has 154 valence electrons. The van der Waals surface area contributed by atoms with E-state index < -0.39 is 0 Å². The molecule has 2 aromatic carbocycles. The average molecular weight is 467 g/mol. The molecule has 0 aliphatic rings. The number of para-hydroxylation sites is 1. The zero-order valence-electron chi connectivity index (χ0n) is 16.3. The Bertz CT molecular complexity index is 1160. The highest BCUT2D eigenvalue weighted by atomic mass is 79.9. The van der Waals surface area contributed by atoms with E-state index in [0.717, 1.165) is 45.6 Å². The van der Waals surface area contributed by atoms with Crippen LogP contribution in [0, 0.1) is 0 Å². The van der Waals surface area contributed by atoms with Gasteiger partial charge in [-0.2, -0.15) is 0 Å². The van der Waals surface area contributed by atoms with Crippen LogP contribution in [0.4, 0.5) is 17.1 Å². The van der Waals surface area contributed by atoms with Crippen LogP contribution in [0.15, 0.2) is 65.4 Å². The Morgan fingerprint density at radius 2 is 1.83 bits per heavy atom. The smallest absolute Gasteiger partial charge is 0.0853 e. The van der Waals surface area contributed by atoms with Crippen molar-refractivity contribution >= 4 is 43.9 Å². The van der Waals surface area contributed by atoms with Crippen molar-refractivity contribution in [3.05, 3.63) is 82.2 Å². The number of aromatic amines is 1. The van der Waals surface area contributed by atoms with Crippen molar-refractivity contribution < 1.29 is 10.2 Å². The van der Waals surface area contributed by atoms with Crippen LogP contribution in [0.3, 0.4) is 0 Å². The topological polar surface area (TPSA) is 93.2 Å². The monoisotopic (exact) mass is 466 g/mol. The van der Waals surface area contributed by atoms with Crippen LogP contribution in [-0.4, -0.2) is 26.7 Å². The van der Waals surface area contributed by atoms with Crippen molar-refractivity contribution in [1.29, 1.82) is 0 Å². The Balaban J connectivity index is 1.47. The molecule has 0 radical (unpaired) electrons. The molecule has 5 N–H and O–H groups in total. The fraction of sp³-hybridized carbons (Fsp3) is 0.174. The van der Waals surface area contributed by atoms with Gasteiger partial charge in [0.25, 0.3) is 0 Å². The van der Waals surface area contributed by atoms with Crippen LogP contribution >= 0.6 is 15.9 Å². The van der Waals surface area contributed by atoms with Crippen LogP contribution in [0.25, 0.3) is 10.9 Å². The van der Waals surface area contributed by atoms with Crippen molar-refractivity contribution in [1.82, 2.24) is 9.97 Å². The van der Waals surface area contributed by atoms with E-state index in [9.17, 15) is 10.2 Å². The molecule has 0 fully saturated rings. The molecule has 4 rings (SSSR count). The standard InChI is InChI=1S/C23H23BrN4O2/c24-20-11-22(28-17-6-8-25-18(10-17)14-30)16(13-29)9-23(20)26-7-5-15-12-27-21-4-2-1-3-19(15)21/h1-4,6,8-12,26-27,29-30H,5,7,13-14H2,(H,25,28). The lowest BCUT2D eigenvalue weighted by molar-refractivity contribution is 0.277. The quantitative estimate of drug-likeness (QED) is 0.259. The lowest BCUT2D eigenvalue weighted by Gasteiger charge is -2.16. The Kier molecular flexibility index (Phi) is 6.32. The highest BCUT2D eigenvalue weighted by Crippen LogP contribution is 2.32. The molecule has 4 aromatic rings. The highest BCUT2D eigenvalue weighted by molar-refractivity contribution is 9.10. The fourth-order valence-corrected chi connectivity index (χ4v) is 3.95. The first kappa shape index (κ1) is 20.4.